The summed E-state index contributed by atoms with van der Waals surface area (Å²) in [7, 11) is -1.74. The molecule has 0 N–H and O–H groups in total. The standard InChI is InChI=1S/C4H6N2.C4H10O4S/c1-6-3-2-5-4-6;1-3-7-9(5,6)8-4-2/h2-4H,1H3;3-4H2,1-2H3. The Bertz CT molecular complexity index is 322. The van der Waals surface area contributed by atoms with Gasteiger partial charge in [-0.15, -0.1) is 0 Å². The second-order valence-corrected chi connectivity index (χ2v) is 3.74. The van der Waals surface area contributed by atoms with Gasteiger partial charge in [-0.2, -0.15) is 8.42 Å². The molecular formula is C8H16N2O4S. The van der Waals surface area contributed by atoms with Crippen molar-refractivity contribution < 1.29 is 16.8 Å². The van der Waals surface area contributed by atoms with E-state index in [0.717, 1.165) is 0 Å². The molecule has 0 fully saturated rings. The minimum Gasteiger partial charge on any atom is -0.341 e. The van der Waals surface area contributed by atoms with Crippen molar-refractivity contribution in [1.29, 1.82) is 0 Å². The molecule has 88 valence electrons. The highest BCUT2D eigenvalue weighted by Gasteiger charge is 2.06. The molecule has 0 saturated heterocycles. The topological polar surface area (TPSA) is 70.4 Å². The summed E-state index contributed by atoms with van der Waals surface area (Å²) in [5.74, 6) is 0. The SMILES string of the molecule is CCOS(=O)(=O)OCC.Cn1ccnc1. The third kappa shape index (κ3) is 8.10. The van der Waals surface area contributed by atoms with Crippen LogP contribution in [0.1, 0.15) is 13.8 Å². The zero-order valence-corrected chi connectivity index (χ0v) is 9.90. The van der Waals surface area contributed by atoms with E-state index in [0.29, 0.717) is 0 Å². The van der Waals surface area contributed by atoms with E-state index >= 15 is 0 Å². The molecule has 1 aromatic heterocycles. The Labute approximate surface area is 90.2 Å². The van der Waals surface area contributed by atoms with Gasteiger partial charge in [0.15, 0.2) is 0 Å². The predicted molar refractivity (Wildman–Crippen MR) is 55.4 cm³/mol. The van der Waals surface area contributed by atoms with Gasteiger partial charge in [-0.05, 0) is 13.8 Å². The van der Waals surface area contributed by atoms with E-state index in [1.165, 1.54) is 0 Å². The Morgan fingerprint density at radius 3 is 2.00 bits per heavy atom. The van der Waals surface area contributed by atoms with E-state index in [2.05, 4.69) is 13.4 Å². The predicted octanol–water partition coefficient (Wildman–Crippen LogP) is 0.724. The Kier molecular flexibility index (Phi) is 6.93. The molecule has 0 amide bonds. The summed E-state index contributed by atoms with van der Waals surface area (Å²) in [6, 6.07) is 0. The second-order valence-electron chi connectivity index (χ2n) is 2.45. The number of rotatable bonds is 4. The molecule has 1 aromatic rings. The fourth-order valence-corrected chi connectivity index (χ4v) is 1.29. The molecule has 0 saturated carbocycles. The van der Waals surface area contributed by atoms with Crippen LogP contribution >= 0.6 is 0 Å². The minimum atomic E-state index is -3.68. The maximum Gasteiger partial charge on any atom is 0.399 e. The zero-order chi connectivity index (χ0) is 11.7. The number of aromatic nitrogens is 2. The van der Waals surface area contributed by atoms with Crippen LogP contribution in [0.4, 0.5) is 0 Å². The van der Waals surface area contributed by atoms with Gasteiger partial charge >= 0.3 is 10.4 Å². The summed E-state index contributed by atoms with van der Waals surface area (Å²) in [5.41, 5.74) is 0. The maximum absolute atomic E-state index is 10.4. The fourth-order valence-electron chi connectivity index (χ4n) is 0.648. The number of imidazole rings is 1. The molecule has 6 nitrogen and oxygen atoms in total. The Morgan fingerprint density at radius 1 is 1.27 bits per heavy atom. The van der Waals surface area contributed by atoms with Crippen molar-refractivity contribution in [2.75, 3.05) is 13.2 Å². The van der Waals surface area contributed by atoms with Crippen LogP contribution in [0, 0.1) is 0 Å². The zero-order valence-electron chi connectivity index (χ0n) is 9.08. The van der Waals surface area contributed by atoms with Crippen LogP contribution in [0.3, 0.4) is 0 Å². The molecule has 0 bridgehead atoms. The molecule has 0 unspecified atom stereocenters. The normalized spacial score (nSPS) is 10.6. The van der Waals surface area contributed by atoms with E-state index in [1.807, 2.05) is 17.8 Å². The van der Waals surface area contributed by atoms with Gasteiger partial charge in [0, 0.05) is 19.4 Å². The highest BCUT2D eigenvalue weighted by atomic mass is 32.3. The average Bonchev–Trinajstić information content (AvgIpc) is 2.56. The lowest BCUT2D eigenvalue weighted by Crippen LogP contribution is -2.09. The van der Waals surface area contributed by atoms with Gasteiger partial charge in [0.25, 0.3) is 0 Å². The summed E-state index contributed by atoms with van der Waals surface area (Å²) in [5, 5.41) is 0. The van der Waals surface area contributed by atoms with Gasteiger partial charge in [0.05, 0.1) is 19.5 Å². The first-order valence-corrected chi connectivity index (χ1v) is 5.80. The number of nitrogens with zero attached hydrogens (tertiary/aromatic N) is 2. The van der Waals surface area contributed by atoms with Crippen molar-refractivity contribution in [3.05, 3.63) is 18.7 Å². The van der Waals surface area contributed by atoms with E-state index in [4.69, 9.17) is 0 Å². The van der Waals surface area contributed by atoms with Crippen LogP contribution < -0.4 is 0 Å². The van der Waals surface area contributed by atoms with Crippen LogP contribution in [0.5, 0.6) is 0 Å². The van der Waals surface area contributed by atoms with Crippen LogP contribution in [0.25, 0.3) is 0 Å². The minimum absolute atomic E-state index is 0.113. The molecule has 0 spiro atoms. The van der Waals surface area contributed by atoms with Crippen molar-refractivity contribution in [1.82, 2.24) is 9.55 Å². The lowest BCUT2D eigenvalue weighted by Gasteiger charge is -1.99. The molecule has 0 atom stereocenters. The Balaban J connectivity index is 0.000000280. The summed E-state index contributed by atoms with van der Waals surface area (Å²) in [6.07, 6.45) is 5.39. The van der Waals surface area contributed by atoms with E-state index in [-0.39, 0.29) is 13.2 Å². The third-order valence-corrected chi connectivity index (χ3v) is 2.21. The van der Waals surface area contributed by atoms with Crippen LogP contribution in [-0.4, -0.2) is 31.2 Å². The lowest BCUT2D eigenvalue weighted by atomic mass is 10.9. The summed E-state index contributed by atoms with van der Waals surface area (Å²) < 4.78 is 31.1. The summed E-state index contributed by atoms with van der Waals surface area (Å²) >= 11 is 0. The average molecular weight is 236 g/mol. The number of hydrogen-bond acceptors (Lipinski definition) is 5. The van der Waals surface area contributed by atoms with Crippen LogP contribution in [0.15, 0.2) is 18.7 Å². The largest absolute Gasteiger partial charge is 0.399 e. The van der Waals surface area contributed by atoms with Crippen molar-refractivity contribution in [2.45, 2.75) is 13.8 Å². The molecule has 0 aliphatic rings. The smallest absolute Gasteiger partial charge is 0.341 e. The molecule has 0 aliphatic carbocycles. The van der Waals surface area contributed by atoms with Gasteiger partial charge in [-0.3, -0.25) is 0 Å². The van der Waals surface area contributed by atoms with Crippen molar-refractivity contribution in [2.24, 2.45) is 7.05 Å². The quantitative estimate of drug-likeness (QED) is 0.770. The fraction of sp³-hybridized carbons (Fsp3) is 0.625. The van der Waals surface area contributed by atoms with E-state index in [1.54, 1.807) is 26.4 Å². The van der Waals surface area contributed by atoms with Crippen molar-refractivity contribution >= 4 is 10.4 Å². The monoisotopic (exact) mass is 236 g/mol. The summed E-state index contributed by atoms with van der Waals surface area (Å²) in [4.78, 5) is 3.78. The molecule has 15 heavy (non-hydrogen) atoms. The first-order chi connectivity index (χ1) is 7.02. The van der Waals surface area contributed by atoms with Gasteiger partial charge in [-0.25, -0.2) is 13.4 Å². The first kappa shape index (κ1) is 14.1. The van der Waals surface area contributed by atoms with Gasteiger partial charge in [0.1, 0.15) is 0 Å². The van der Waals surface area contributed by atoms with Gasteiger partial charge in [-0.1, -0.05) is 0 Å². The highest BCUT2D eigenvalue weighted by Crippen LogP contribution is 1.93. The lowest BCUT2D eigenvalue weighted by molar-refractivity contribution is 0.231. The third-order valence-electron chi connectivity index (χ3n) is 1.16. The molecule has 1 rings (SSSR count). The summed E-state index contributed by atoms with van der Waals surface area (Å²) in [6.45, 7) is 3.39. The second kappa shape index (κ2) is 7.38. The van der Waals surface area contributed by atoms with Gasteiger partial charge in [0.2, 0.25) is 0 Å². The molecule has 1 heterocycles. The van der Waals surface area contributed by atoms with E-state index < -0.39 is 10.4 Å². The van der Waals surface area contributed by atoms with Crippen LogP contribution in [-0.2, 0) is 25.8 Å². The highest BCUT2D eigenvalue weighted by molar-refractivity contribution is 7.81. The molecule has 7 heteroatoms. The molecular weight excluding hydrogens is 220 g/mol. The van der Waals surface area contributed by atoms with Crippen molar-refractivity contribution in [3.8, 4) is 0 Å². The Hall–Kier alpha value is -0.920. The van der Waals surface area contributed by atoms with Crippen LogP contribution in [0.2, 0.25) is 0 Å². The molecule has 0 aliphatic heterocycles. The molecule has 0 radical (unpaired) electrons. The maximum atomic E-state index is 10.4. The molecule has 0 aromatic carbocycles. The first-order valence-electron chi connectivity index (χ1n) is 4.47. The van der Waals surface area contributed by atoms with E-state index in [9.17, 15) is 8.42 Å². The Morgan fingerprint density at radius 2 is 1.80 bits per heavy atom. The number of hydrogen-bond donors (Lipinski definition) is 0. The van der Waals surface area contributed by atoms with Crippen molar-refractivity contribution in [3.63, 3.8) is 0 Å². The number of aryl methyl sites for hydroxylation is 1. The van der Waals surface area contributed by atoms with Gasteiger partial charge < -0.3 is 4.57 Å².